The van der Waals surface area contributed by atoms with Gasteiger partial charge in [0, 0.05) is 12.0 Å². The van der Waals surface area contributed by atoms with Gasteiger partial charge in [0.1, 0.15) is 0 Å². The summed E-state index contributed by atoms with van der Waals surface area (Å²) in [5, 5.41) is 2.36. The summed E-state index contributed by atoms with van der Waals surface area (Å²) in [6.45, 7) is 0.0284. The van der Waals surface area contributed by atoms with Crippen LogP contribution < -0.4 is 5.32 Å². The maximum atomic E-state index is 12.0. The molecule has 1 rings (SSSR count). The Hall–Kier alpha value is -0.520. The van der Waals surface area contributed by atoms with Crippen LogP contribution in [0, 0.1) is 5.41 Å². The number of carbonyl (C=O) groups is 2. The first kappa shape index (κ1) is 13.5. The van der Waals surface area contributed by atoms with Crippen LogP contribution in [0.15, 0.2) is 0 Å². The minimum atomic E-state index is -3.02. The maximum absolute atomic E-state index is 12.0. The molecule has 1 saturated carbocycles. The zero-order valence-corrected chi connectivity index (χ0v) is 10.4. The molecule has 6 heteroatoms. The van der Waals surface area contributed by atoms with Crippen molar-refractivity contribution in [2.75, 3.05) is 11.9 Å². The van der Waals surface area contributed by atoms with Crippen molar-refractivity contribution in [3.05, 3.63) is 0 Å². The van der Waals surface area contributed by atoms with E-state index in [-0.39, 0.29) is 17.7 Å². The molecule has 16 heavy (non-hydrogen) atoms. The number of ketones is 1. The molecule has 0 aromatic rings. The number of Topliss-reactive ketones (excluding diaryl/α,β-unsaturated/α-hetero) is 1. The lowest BCUT2D eigenvalue weighted by Crippen LogP contribution is -2.43. The first-order valence-electron chi connectivity index (χ1n) is 5.17. The van der Waals surface area contributed by atoms with Crippen LogP contribution >= 0.6 is 15.9 Å². The van der Waals surface area contributed by atoms with Gasteiger partial charge in [0.2, 0.25) is 0 Å². The molecule has 0 atom stereocenters. The second-order valence-corrected chi connectivity index (χ2v) is 4.62. The number of hydrogen-bond donors (Lipinski definition) is 1. The first-order chi connectivity index (χ1) is 7.52. The fourth-order valence-corrected chi connectivity index (χ4v) is 2.68. The average molecular weight is 298 g/mol. The molecule has 0 saturated heterocycles. The van der Waals surface area contributed by atoms with E-state index in [0.717, 1.165) is 12.8 Å². The predicted octanol–water partition coefficient (Wildman–Crippen LogP) is 1.89. The summed E-state index contributed by atoms with van der Waals surface area (Å²) < 4.78 is 24.0. The van der Waals surface area contributed by atoms with Crippen molar-refractivity contribution < 1.29 is 18.4 Å². The Bertz CT molecular complexity index is 278. The summed E-state index contributed by atoms with van der Waals surface area (Å²) in [4.78, 5) is 22.5. The zero-order valence-electron chi connectivity index (χ0n) is 8.77. The second-order valence-electron chi connectivity index (χ2n) is 4.06. The Morgan fingerprint density at radius 2 is 1.88 bits per heavy atom. The molecule has 92 valence electrons. The van der Waals surface area contributed by atoms with Gasteiger partial charge in [-0.2, -0.15) is 8.78 Å². The van der Waals surface area contributed by atoms with Crippen molar-refractivity contribution in [3.8, 4) is 0 Å². The van der Waals surface area contributed by atoms with Crippen LogP contribution in [-0.2, 0) is 9.59 Å². The smallest absolute Gasteiger partial charge is 0.315 e. The van der Waals surface area contributed by atoms with Crippen LogP contribution in [0.2, 0.25) is 0 Å². The number of rotatable bonds is 5. The van der Waals surface area contributed by atoms with Crippen LogP contribution in [0.1, 0.15) is 25.7 Å². The van der Waals surface area contributed by atoms with Gasteiger partial charge in [0.05, 0.1) is 5.33 Å². The molecule has 1 aliphatic rings. The lowest BCUT2D eigenvalue weighted by Gasteiger charge is -2.26. The molecule has 1 amide bonds. The lowest BCUT2D eigenvalue weighted by atomic mass is 9.82. The second kappa shape index (κ2) is 5.70. The molecule has 0 bridgehead atoms. The van der Waals surface area contributed by atoms with E-state index in [1.54, 1.807) is 0 Å². The Balaban J connectivity index is 2.59. The Morgan fingerprint density at radius 3 is 2.31 bits per heavy atom. The van der Waals surface area contributed by atoms with Gasteiger partial charge in [0.15, 0.2) is 5.78 Å². The Labute approximate surface area is 101 Å². The largest absolute Gasteiger partial charge is 0.350 e. The minimum Gasteiger partial charge on any atom is -0.350 e. The first-order valence-corrected chi connectivity index (χ1v) is 6.29. The number of nitrogens with one attached hydrogen (secondary N) is 1. The number of hydrogen-bond acceptors (Lipinski definition) is 2. The highest BCUT2D eigenvalue weighted by atomic mass is 79.9. The molecule has 1 aliphatic carbocycles. The van der Waals surface area contributed by atoms with E-state index >= 15 is 0 Å². The molecule has 0 heterocycles. The van der Waals surface area contributed by atoms with Gasteiger partial charge < -0.3 is 5.32 Å². The molecule has 1 N–H and O–H groups in total. The van der Waals surface area contributed by atoms with Gasteiger partial charge >= 0.3 is 6.43 Å². The highest BCUT2D eigenvalue weighted by Crippen LogP contribution is 2.38. The summed E-state index contributed by atoms with van der Waals surface area (Å²) in [5.74, 6) is -1.31. The summed E-state index contributed by atoms with van der Waals surface area (Å²) in [6.07, 6.45) is 0.131. The standard InChI is InChI=1S/C10H14BrF2NO2/c11-5-7(15)10(3-1-2-4-10)6-14-9(16)8(12)13/h8H,1-6H2,(H,14,16). The third-order valence-corrected chi connectivity index (χ3v) is 3.58. The van der Waals surface area contributed by atoms with Crippen molar-refractivity contribution in [1.29, 1.82) is 0 Å². The normalized spacial score (nSPS) is 18.8. The molecular weight excluding hydrogens is 284 g/mol. The number of halogens is 3. The molecule has 0 aromatic heterocycles. The molecule has 0 unspecified atom stereocenters. The highest BCUT2D eigenvalue weighted by Gasteiger charge is 2.40. The molecule has 0 aliphatic heterocycles. The van der Waals surface area contributed by atoms with Crippen LogP contribution in [0.4, 0.5) is 8.78 Å². The number of carbonyl (C=O) groups excluding carboxylic acids is 2. The van der Waals surface area contributed by atoms with Gasteiger partial charge in [-0.25, -0.2) is 0 Å². The van der Waals surface area contributed by atoms with Crippen molar-refractivity contribution in [3.63, 3.8) is 0 Å². The van der Waals surface area contributed by atoms with Gasteiger partial charge in [-0.15, -0.1) is 0 Å². The van der Waals surface area contributed by atoms with E-state index in [2.05, 4.69) is 21.2 Å². The zero-order chi connectivity index (χ0) is 12.2. The minimum absolute atomic E-state index is 0.0143. The number of alkyl halides is 3. The van der Waals surface area contributed by atoms with E-state index in [1.165, 1.54) is 0 Å². The van der Waals surface area contributed by atoms with E-state index in [9.17, 15) is 18.4 Å². The SMILES string of the molecule is O=C(NCC1(C(=O)CBr)CCCC1)C(F)F. The van der Waals surface area contributed by atoms with Crippen molar-refractivity contribution in [2.45, 2.75) is 32.1 Å². The van der Waals surface area contributed by atoms with E-state index in [0.29, 0.717) is 12.8 Å². The lowest BCUT2D eigenvalue weighted by molar-refractivity contribution is -0.133. The highest BCUT2D eigenvalue weighted by molar-refractivity contribution is 9.09. The molecular formula is C10H14BrF2NO2. The van der Waals surface area contributed by atoms with E-state index < -0.39 is 17.7 Å². The number of amides is 1. The summed E-state index contributed by atoms with van der Waals surface area (Å²) in [7, 11) is 0. The van der Waals surface area contributed by atoms with Crippen LogP contribution in [0.25, 0.3) is 0 Å². The van der Waals surface area contributed by atoms with E-state index in [4.69, 9.17) is 0 Å². The molecule has 3 nitrogen and oxygen atoms in total. The van der Waals surface area contributed by atoms with Gasteiger partial charge in [0.25, 0.3) is 5.91 Å². The van der Waals surface area contributed by atoms with Gasteiger partial charge in [-0.1, -0.05) is 28.8 Å². The quantitative estimate of drug-likeness (QED) is 0.788. The Kier molecular flexibility index (Phi) is 4.83. The maximum Gasteiger partial charge on any atom is 0.315 e. The third kappa shape index (κ3) is 2.99. The monoisotopic (exact) mass is 297 g/mol. The van der Waals surface area contributed by atoms with Crippen LogP contribution in [0.5, 0.6) is 0 Å². The molecule has 0 radical (unpaired) electrons. The topological polar surface area (TPSA) is 46.2 Å². The summed E-state index contributed by atoms with van der Waals surface area (Å²) in [6, 6.07) is 0. The Morgan fingerprint density at radius 1 is 1.31 bits per heavy atom. The van der Waals surface area contributed by atoms with Gasteiger partial charge in [-0.3, -0.25) is 9.59 Å². The fraction of sp³-hybridized carbons (Fsp3) is 0.800. The predicted molar refractivity (Wildman–Crippen MR) is 58.7 cm³/mol. The van der Waals surface area contributed by atoms with Crippen molar-refractivity contribution in [1.82, 2.24) is 5.32 Å². The molecule has 1 fully saturated rings. The van der Waals surface area contributed by atoms with Gasteiger partial charge in [-0.05, 0) is 12.8 Å². The molecule has 0 spiro atoms. The molecule has 0 aromatic carbocycles. The third-order valence-electron chi connectivity index (χ3n) is 3.07. The van der Waals surface area contributed by atoms with Crippen molar-refractivity contribution in [2.24, 2.45) is 5.41 Å². The van der Waals surface area contributed by atoms with Crippen LogP contribution in [0.3, 0.4) is 0 Å². The van der Waals surface area contributed by atoms with Crippen molar-refractivity contribution >= 4 is 27.6 Å². The van der Waals surface area contributed by atoms with E-state index in [1.807, 2.05) is 0 Å². The summed E-state index contributed by atoms with van der Waals surface area (Å²) >= 11 is 3.09. The fourth-order valence-electron chi connectivity index (χ4n) is 2.08. The van der Waals surface area contributed by atoms with Crippen LogP contribution in [-0.4, -0.2) is 30.0 Å². The summed E-state index contributed by atoms with van der Waals surface area (Å²) in [5.41, 5.74) is -0.631. The average Bonchev–Trinajstić information content (AvgIpc) is 2.74.